The van der Waals surface area contributed by atoms with Crippen molar-refractivity contribution in [1.82, 2.24) is 19.2 Å². The van der Waals surface area contributed by atoms with Crippen molar-refractivity contribution in [2.24, 2.45) is 0 Å². The van der Waals surface area contributed by atoms with E-state index in [2.05, 4.69) is 26.0 Å². The molecule has 0 fully saturated rings. The number of hydrogen-bond donors (Lipinski definition) is 1. The molecule has 0 spiro atoms. The molecule has 2 N–H and O–H groups in total. The second-order valence-electron chi connectivity index (χ2n) is 4.41. The molecule has 5 nitrogen and oxygen atoms in total. The van der Waals surface area contributed by atoms with Crippen LogP contribution in [-0.4, -0.2) is 19.2 Å². The third-order valence-electron chi connectivity index (χ3n) is 3.20. The lowest BCUT2D eigenvalue weighted by atomic mass is 10.3. The van der Waals surface area contributed by atoms with E-state index in [9.17, 15) is 0 Å². The average molecular weight is 320 g/mol. The van der Waals surface area contributed by atoms with E-state index in [0.29, 0.717) is 5.82 Å². The lowest BCUT2D eigenvalue weighted by Crippen LogP contribution is -2.01. The molecule has 0 atom stereocenters. The summed E-state index contributed by atoms with van der Waals surface area (Å²) in [5, 5.41) is 4.26. The van der Waals surface area contributed by atoms with Crippen LogP contribution < -0.4 is 5.73 Å². The van der Waals surface area contributed by atoms with Crippen molar-refractivity contribution in [3.63, 3.8) is 0 Å². The van der Waals surface area contributed by atoms with Crippen molar-refractivity contribution in [3.8, 4) is 11.4 Å². The first-order valence-electron chi connectivity index (χ1n) is 6.07. The van der Waals surface area contributed by atoms with Crippen LogP contribution in [0.4, 0.5) is 5.82 Å². The number of hydrogen-bond acceptors (Lipinski definition) is 3. The molecule has 98 valence electrons. The number of nitrogens with zero attached hydrogens (tertiary/aromatic N) is 4. The zero-order valence-corrected chi connectivity index (χ0v) is 12.3. The summed E-state index contributed by atoms with van der Waals surface area (Å²) in [7, 11) is 0. The molecule has 3 rings (SSSR count). The summed E-state index contributed by atoms with van der Waals surface area (Å²) >= 11 is 3.51. The Hall–Kier alpha value is -1.82. The van der Waals surface area contributed by atoms with E-state index in [1.54, 1.807) is 6.20 Å². The molecule has 19 heavy (non-hydrogen) atoms. The summed E-state index contributed by atoms with van der Waals surface area (Å²) in [5.74, 6) is 0.630. The van der Waals surface area contributed by atoms with Gasteiger partial charge in [-0.15, -0.1) is 0 Å². The highest BCUT2D eigenvalue weighted by Gasteiger charge is 2.15. The summed E-state index contributed by atoms with van der Waals surface area (Å²) < 4.78 is 4.79. The van der Waals surface area contributed by atoms with E-state index in [0.717, 1.165) is 33.6 Å². The molecule has 0 unspecified atom stereocenters. The van der Waals surface area contributed by atoms with Gasteiger partial charge < -0.3 is 5.73 Å². The fraction of sp³-hybridized carbons (Fsp3) is 0.231. The summed E-state index contributed by atoms with van der Waals surface area (Å²) in [6.45, 7) is 4.87. The maximum absolute atomic E-state index is 6.21. The number of fused-ring (bicyclic) bond motifs is 1. The van der Waals surface area contributed by atoms with Crippen molar-refractivity contribution in [2.45, 2.75) is 20.4 Å². The summed E-state index contributed by atoms with van der Waals surface area (Å²) in [5.41, 5.74) is 9.91. The van der Waals surface area contributed by atoms with Gasteiger partial charge in [-0.05, 0) is 47.5 Å². The number of aryl methyl sites for hydroxylation is 2. The summed E-state index contributed by atoms with van der Waals surface area (Å²) in [6.07, 6.45) is 3.71. The predicted molar refractivity (Wildman–Crippen MR) is 78.9 cm³/mol. The van der Waals surface area contributed by atoms with Gasteiger partial charge in [-0.25, -0.2) is 4.98 Å². The fourth-order valence-electron chi connectivity index (χ4n) is 2.15. The Kier molecular flexibility index (Phi) is 2.82. The molecule has 0 radical (unpaired) electrons. The van der Waals surface area contributed by atoms with Gasteiger partial charge in [-0.3, -0.25) is 9.08 Å². The smallest absolute Gasteiger partial charge is 0.139 e. The van der Waals surface area contributed by atoms with Gasteiger partial charge in [0.05, 0.1) is 5.69 Å². The number of anilines is 1. The molecule has 0 aliphatic rings. The largest absolute Gasteiger partial charge is 0.383 e. The molecular weight excluding hydrogens is 306 g/mol. The topological polar surface area (TPSA) is 61.1 Å². The number of halogens is 1. The number of pyridine rings is 1. The molecule has 0 amide bonds. The highest BCUT2D eigenvalue weighted by atomic mass is 79.9. The fourth-order valence-corrected chi connectivity index (χ4v) is 2.47. The second kappa shape index (κ2) is 4.38. The van der Waals surface area contributed by atoms with E-state index in [-0.39, 0.29) is 0 Å². The number of aromatic nitrogens is 4. The third kappa shape index (κ3) is 1.83. The molecule has 3 aromatic rings. The van der Waals surface area contributed by atoms with Crippen molar-refractivity contribution in [1.29, 1.82) is 0 Å². The van der Waals surface area contributed by atoms with Gasteiger partial charge in [-0.2, -0.15) is 5.10 Å². The van der Waals surface area contributed by atoms with Crippen LogP contribution in [0.3, 0.4) is 0 Å². The molecule has 0 saturated carbocycles. The quantitative estimate of drug-likeness (QED) is 0.790. The molecule has 0 aliphatic carbocycles. The molecule has 0 bridgehead atoms. The van der Waals surface area contributed by atoms with E-state index in [1.807, 2.05) is 41.3 Å². The first-order valence-corrected chi connectivity index (χ1v) is 6.87. The number of nitrogens with two attached hydrogens (primary N) is 1. The Morgan fingerprint density at radius 1 is 1.42 bits per heavy atom. The number of nitrogen functional groups attached to an aromatic ring is 1. The Morgan fingerprint density at radius 2 is 2.21 bits per heavy atom. The zero-order chi connectivity index (χ0) is 13.6. The third-order valence-corrected chi connectivity index (χ3v) is 4.03. The van der Waals surface area contributed by atoms with Crippen LogP contribution in [0.15, 0.2) is 29.0 Å². The number of imidazole rings is 1. The predicted octanol–water partition coefficient (Wildman–Crippen LogP) is 2.87. The van der Waals surface area contributed by atoms with Gasteiger partial charge in [0.15, 0.2) is 0 Å². The molecular formula is C13H14BrN5. The molecule has 0 aromatic carbocycles. The highest BCUT2D eigenvalue weighted by molar-refractivity contribution is 9.10. The normalized spacial score (nSPS) is 11.3. The standard InChI is InChI=1S/C13H14BrN5/c1-3-19-10(4-5-16-19)12-13(15)18-7-9(14)8(2)6-11(18)17-12/h4-7H,3,15H2,1-2H3. The van der Waals surface area contributed by atoms with Gasteiger partial charge >= 0.3 is 0 Å². The van der Waals surface area contributed by atoms with E-state index in [4.69, 9.17) is 5.73 Å². The lowest BCUT2D eigenvalue weighted by Gasteiger charge is -2.03. The maximum atomic E-state index is 6.21. The van der Waals surface area contributed by atoms with Crippen LogP contribution in [-0.2, 0) is 6.54 Å². The van der Waals surface area contributed by atoms with Crippen LogP contribution in [0.25, 0.3) is 17.0 Å². The van der Waals surface area contributed by atoms with Gasteiger partial charge in [0, 0.05) is 23.4 Å². The van der Waals surface area contributed by atoms with E-state index in [1.165, 1.54) is 0 Å². The molecule has 3 heterocycles. The minimum Gasteiger partial charge on any atom is -0.383 e. The van der Waals surface area contributed by atoms with Gasteiger partial charge in [0.1, 0.15) is 17.2 Å². The van der Waals surface area contributed by atoms with Crippen LogP contribution in [0.2, 0.25) is 0 Å². The van der Waals surface area contributed by atoms with Crippen molar-refractivity contribution >= 4 is 27.4 Å². The first kappa shape index (κ1) is 12.2. The van der Waals surface area contributed by atoms with Gasteiger partial charge in [-0.1, -0.05) is 0 Å². The highest BCUT2D eigenvalue weighted by Crippen LogP contribution is 2.28. The zero-order valence-electron chi connectivity index (χ0n) is 10.8. The second-order valence-corrected chi connectivity index (χ2v) is 5.26. The number of rotatable bonds is 2. The van der Waals surface area contributed by atoms with Crippen molar-refractivity contribution in [3.05, 3.63) is 34.6 Å². The van der Waals surface area contributed by atoms with Crippen LogP contribution in [0.1, 0.15) is 12.5 Å². The maximum Gasteiger partial charge on any atom is 0.139 e. The van der Waals surface area contributed by atoms with E-state index < -0.39 is 0 Å². The SMILES string of the molecule is CCn1nccc1-c1nc2cc(C)c(Br)cn2c1N. The minimum absolute atomic E-state index is 0.630. The first-order chi connectivity index (χ1) is 9.11. The Balaban J connectivity index is 2.28. The van der Waals surface area contributed by atoms with Crippen molar-refractivity contribution < 1.29 is 0 Å². The van der Waals surface area contributed by atoms with Gasteiger partial charge in [0.25, 0.3) is 0 Å². The van der Waals surface area contributed by atoms with Crippen molar-refractivity contribution in [2.75, 3.05) is 5.73 Å². The Bertz CT molecular complexity index is 756. The minimum atomic E-state index is 0.630. The van der Waals surface area contributed by atoms with Crippen LogP contribution >= 0.6 is 15.9 Å². The molecule has 0 saturated heterocycles. The molecule has 0 aliphatic heterocycles. The molecule has 3 aromatic heterocycles. The van der Waals surface area contributed by atoms with Crippen LogP contribution in [0.5, 0.6) is 0 Å². The summed E-state index contributed by atoms with van der Waals surface area (Å²) in [4.78, 5) is 4.62. The van der Waals surface area contributed by atoms with Gasteiger partial charge in [0.2, 0.25) is 0 Å². The van der Waals surface area contributed by atoms with Crippen LogP contribution in [0, 0.1) is 6.92 Å². The Labute approximate surface area is 119 Å². The Morgan fingerprint density at radius 3 is 2.95 bits per heavy atom. The summed E-state index contributed by atoms with van der Waals surface area (Å²) in [6, 6.07) is 3.94. The average Bonchev–Trinajstić information content (AvgIpc) is 2.96. The van der Waals surface area contributed by atoms with E-state index >= 15 is 0 Å². The molecule has 6 heteroatoms. The monoisotopic (exact) mass is 319 g/mol. The lowest BCUT2D eigenvalue weighted by molar-refractivity contribution is 0.666.